The fraction of sp³-hybridized carbons (Fsp3) is 0.556. The van der Waals surface area contributed by atoms with Gasteiger partial charge in [0.1, 0.15) is 12.7 Å². The first kappa shape index (κ1) is 12.6. The van der Waals surface area contributed by atoms with Gasteiger partial charge in [0.25, 0.3) is 0 Å². The first-order valence-electron chi connectivity index (χ1n) is 4.12. The average molecular weight is 199 g/mol. The van der Waals surface area contributed by atoms with E-state index in [1.165, 1.54) is 0 Å². The zero-order valence-corrected chi connectivity index (χ0v) is 7.81. The van der Waals surface area contributed by atoms with Crippen molar-refractivity contribution >= 4 is 5.97 Å². The maximum absolute atomic E-state index is 10.6. The van der Waals surface area contributed by atoms with E-state index in [2.05, 4.69) is 11.3 Å². The molecular weight excluding hydrogens is 186 g/mol. The minimum absolute atomic E-state index is 0.0477. The number of esters is 1. The van der Waals surface area contributed by atoms with Crippen molar-refractivity contribution in [2.45, 2.75) is 12.5 Å². The Labute approximate surface area is 82.5 Å². The van der Waals surface area contributed by atoms with Crippen LogP contribution in [-0.4, -0.2) is 37.0 Å². The zero-order valence-electron chi connectivity index (χ0n) is 7.81. The highest BCUT2D eigenvalue weighted by Crippen LogP contribution is 1.90. The zero-order chi connectivity index (χ0) is 10.8. The molecule has 0 spiro atoms. The molecule has 0 radical (unpaired) electrons. The molecule has 0 amide bonds. The van der Waals surface area contributed by atoms with Crippen molar-refractivity contribution in [2.24, 2.45) is 0 Å². The lowest BCUT2D eigenvalue weighted by molar-refractivity contribution is -0.141. The summed E-state index contributed by atoms with van der Waals surface area (Å²) in [6.45, 7) is 3.39. The normalized spacial score (nSPS) is 11.4. The lowest BCUT2D eigenvalue weighted by Gasteiger charge is -2.09. The van der Waals surface area contributed by atoms with Crippen LogP contribution < -0.4 is 0 Å². The summed E-state index contributed by atoms with van der Waals surface area (Å²) < 4.78 is 9.47. The summed E-state index contributed by atoms with van der Waals surface area (Å²) in [4.78, 5) is 10.6. The molecule has 0 rings (SSSR count). The molecule has 0 aliphatic heterocycles. The van der Waals surface area contributed by atoms with Gasteiger partial charge in [-0.05, 0) is 0 Å². The van der Waals surface area contributed by atoms with Crippen LogP contribution in [0.2, 0.25) is 0 Å². The van der Waals surface area contributed by atoms with E-state index >= 15 is 0 Å². The summed E-state index contributed by atoms with van der Waals surface area (Å²) in [6.07, 6.45) is 0.431. The third-order valence-corrected chi connectivity index (χ3v) is 1.25. The summed E-state index contributed by atoms with van der Waals surface area (Å²) in [5.41, 5.74) is 0. The number of carbonyl (C=O) groups excluding carboxylic acids is 1. The van der Waals surface area contributed by atoms with E-state index in [4.69, 9.17) is 10.00 Å². The van der Waals surface area contributed by atoms with Crippen LogP contribution >= 0.6 is 0 Å². The van der Waals surface area contributed by atoms with Gasteiger partial charge in [-0.25, -0.2) is 4.79 Å². The van der Waals surface area contributed by atoms with E-state index in [9.17, 15) is 9.90 Å². The number of carbonyl (C=O) groups is 1. The van der Waals surface area contributed by atoms with E-state index in [1.807, 2.05) is 6.07 Å². The molecule has 0 aliphatic rings. The van der Waals surface area contributed by atoms with Crippen molar-refractivity contribution in [3.8, 4) is 6.07 Å². The molecule has 5 nitrogen and oxygen atoms in total. The Morgan fingerprint density at radius 3 is 2.93 bits per heavy atom. The van der Waals surface area contributed by atoms with Crippen molar-refractivity contribution in [3.05, 3.63) is 12.7 Å². The SMILES string of the molecule is C=CC(=O)OCC(O)COCCC#N. The van der Waals surface area contributed by atoms with Crippen LogP contribution in [0.25, 0.3) is 0 Å². The number of hydrogen-bond donors (Lipinski definition) is 1. The molecule has 5 heteroatoms. The number of rotatable bonds is 7. The lowest BCUT2D eigenvalue weighted by Crippen LogP contribution is -2.23. The Bertz CT molecular complexity index is 221. The molecule has 1 atom stereocenters. The smallest absolute Gasteiger partial charge is 0.330 e. The van der Waals surface area contributed by atoms with Crippen molar-refractivity contribution in [1.29, 1.82) is 5.26 Å². The Morgan fingerprint density at radius 2 is 2.36 bits per heavy atom. The van der Waals surface area contributed by atoms with Gasteiger partial charge in [0.05, 0.1) is 25.7 Å². The second-order valence-electron chi connectivity index (χ2n) is 2.47. The Morgan fingerprint density at radius 1 is 1.64 bits per heavy atom. The van der Waals surface area contributed by atoms with Crippen molar-refractivity contribution in [2.75, 3.05) is 19.8 Å². The van der Waals surface area contributed by atoms with Crippen LogP contribution in [0.1, 0.15) is 6.42 Å². The van der Waals surface area contributed by atoms with E-state index in [0.717, 1.165) is 6.08 Å². The predicted molar refractivity (Wildman–Crippen MR) is 48.2 cm³/mol. The topological polar surface area (TPSA) is 79.6 Å². The highest BCUT2D eigenvalue weighted by molar-refractivity contribution is 5.81. The van der Waals surface area contributed by atoms with E-state index in [-0.39, 0.29) is 26.2 Å². The Balaban J connectivity index is 3.37. The van der Waals surface area contributed by atoms with Gasteiger partial charge in [0, 0.05) is 6.08 Å². The molecule has 0 aromatic carbocycles. The quantitative estimate of drug-likeness (QED) is 0.355. The van der Waals surface area contributed by atoms with Gasteiger partial charge in [-0.1, -0.05) is 6.58 Å². The van der Waals surface area contributed by atoms with Gasteiger partial charge in [-0.2, -0.15) is 5.26 Å². The van der Waals surface area contributed by atoms with Crippen LogP contribution in [0.3, 0.4) is 0 Å². The Kier molecular flexibility index (Phi) is 7.42. The third kappa shape index (κ3) is 7.28. The van der Waals surface area contributed by atoms with Gasteiger partial charge in [-0.3, -0.25) is 0 Å². The second kappa shape index (κ2) is 8.23. The number of nitriles is 1. The molecule has 1 unspecified atom stereocenters. The van der Waals surface area contributed by atoms with Gasteiger partial charge < -0.3 is 14.6 Å². The minimum atomic E-state index is -0.863. The van der Waals surface area contributed by atoms with Crippen LogP contribution in [0.5, 0.6) is 0 Å². The molecule has 1 N–H and O–H groups in total. The van der Waals surface area contributed by atoms with Gasteiger partial charge in [-0.15, -0.1) is 0 Å². The first-order valence-corrected chi connectivity index (χ1v) is 4.12. The number of hydrogen-bond acceptors (Lipinski definition) is 5. The van der Waals surface area contributed by atoms with Crippen LogP contribution in [0.4, 0.5) is 0 Å². The molecule has 78 valence electrons. The fourth-order valence-corrected chi connectivity index (χ4v) is 0.623. The molecular formula is C9H13NO4. The third-order valence-electron chi connectivity index (χ3n) is 1.25. The summed E-state index contributed by atoms with van der Waals surface area (Å²) in [7, 11) is 0. The molecule has 0 aromatic heterocycles. The monoisotopic (exact) mass is 199 g/mol. The molecule has 0 saturated carbocycles. The lowest BCUT2D eigenvalue weighted by atomic mass is 10.4. The molecule has 0 aliphatic carbocycles. The van der Waals surface area contributed by atoms with Crippen molar-refractivity contribution in [3.63, 3.8) is 0 Å². The van der Waals surface area contributed by atoms with E-state index in [1.54, 1.807) is 0 Å². The summed E-state index contributed by atoms with van der Waals surface area (Å²) in [6, 6.07) is 1.90. The molecule has 0 fully saturated rings. The summed E-state index contributed by atoms with van der Waals surface area (Å²) in [5.74, 6) is -0.582. The fourth-order valence-electron chi connectivity index (χ4n) is 0.623. The maximum atomic E-state index is 10.6. The first-order chi connectivity index (χ1) is 6.70. The Hall–Kier alpha value is -1.38. The van der Waals surface area contributed by atoms with Crippen molar-refractivity contribution in [1.82, 2.24) is 0 Å². The number of ether oxygens (including phenoxy) is 2. The van der Waals surface area contributed by atoms with E-state index in [0.29, 0.717) is 0 Å². The number of nitrogens with zero attached hydrogens (tertiary/aromatic N) is 1. The average Bonchev–Trinajstić information content (AvgIpc) is 2.21. The van der Waals surface area contributed by atoms with Crippen LogP contribution in [0, 0.1) is 11.3 Å². The summed E-state index contributed by atoms with van der Waals surface area (Å²) in [5, 5.41) is 17.3. The summed E-state index contributed by atoms with van der Waals surface area (Å²) >= 11 is 0. The highest BCUT2D eigenvalue weighted by Gasteiger charge is 2.06. The standard InChI is InChI=1S/C9H13NO4/c1-2-9(12)14-7-8(11)6-13-5-3-4-10/h2,8,11H,1,3,5-7H2. The van der Waals surface area contributed by atoms with Crippen molar-refractivity contribution < 1.29 is 19.4 Å². The van der Waals surface area contributed by atoms with Gasteiger partial charge in [0.15, 0.2) is 0 Å². The number of aliphatic hydroxyl groups excluding tert-OH is 1. The largest absolute Gasteiger partial charge is 0.460 e. The van der Waals surface area contributed by atoms with Crippen LogP contribution in [-0.2, 0) is 14.3 Å². The second-order valence-corrected chi connectivity index (χ2v) is 2.47. The molecule has 0 aromatic rings. The van der Waals surface area contributed by atoms with Gasteiger partial charge >= 0.3 is 5.97 Å². The van der Waals surface area contributed by atoms with Gasteiger partial charge in [0.2, 0.25) is 0 Å². The van der Waals surface area contributed by atoms with Crippen LogP contribution in [0.15, 0.2) is 12.7 Å². The minimum Gasteiger partial charge on any atom is -0.460 e. The highest BCUT2D eigenvalue weighted by atomic mass is 16.5. The number of aliphatic hydroxyl groups is 1. The molecule has 0 saturated heterocycles. The maximum Gasteiger partial charge on any atom is 0.330 e. The molecule has 0 heterocycles. The molecule has 14 heavy (non-hydrogen) atoms. The van der Waals surface area contributed by atoms with E-state index < -0.39 is 12.1 Å². The molecule has 0 bridgehead atoms. The predicted octanol–water partition coefficient (Wildman–Crippen LogP) is 0.00678.